The van der Waals surface area contributed by atoms with Gasteiger partial charge in [0.1, 0.15) is 12.2 Å². The number of rotatable bonds is 6. The number of alkyl halides is 5. The first-order chi connectivity index (χ1) is 19.4. The van der Waals surface area contributed by atoms with Crippen molar-refractivity contribution < 1.29 is 26.7 Å². The van der Waals surface area contributed by atoms with E-state index in [4.69, 9.17) is 0 Å². The zero-order valence-corrected chi connectivity index (χ0v) is 23.0. The van der Waals surface area contributed by atoms with Crippen LogP contribution in [0.4, 0.5) is 27.6 Å². The lowest BCUT2D eigenvalue weighted by Gasteiger charge is -2.36. The minimum absolute atomic E-state index is 0.0134. The molecule has 1 aromatic heterocycles. The van der Waals surface area contributed by atoms with Crippen molar-refractivity contribution in [3.05, 3.63) is 76.4 Å². The predicted molar refractivity (Wildman–Crippen MR) is 143 cm³/mol. The highest BCUT2D eigenvalue weighted by atomic mass is 19.4. The molecule has 41 heavy (non-hydrogen) atoms. The van der Waals surface area contributed by atoms with Gasteiger partial charge in [0, 0.05) is 56.2 Å². The van der Waals surface area contributed by atoms with Crippen LogP contribution in [-0.2, 0) is 26.3 Å². The predicted octanol–water partition coefficient (Wildman–Crippen LogP) is 6.40. The molecule has 218 valence electrons. The van der Waals surface area contributed by atoms with E-state index in [2.05, 4.69) is 10.2 Å². The fourth-order valence-electron chi connectivity index (χ4n) is 6.45. The van der Waals surface area contributed by atoms with E-state index in [0.717, 1.165) is 36.7 Å². The van der Waals surface area contributed by atoms with Crippen molar-refractivity contribution in [3.8, 4) is 0 Å². The smallest absolute Gasteiger partial charge is 0.320 e. The van der Waals surface area contributed by atoms with Crippen LogP contribution in [0.25, 0.3) is 0 Å². The van der Waals surface area contributed by atoms with Crippen LogP contribution in [0.2, 0.25) is 0 Å². The number of benzene rings is 2. The maximum absolute atomic E-state index is 14.3. The van der Waals surface area contributed by atoms with Crippen molar-refractivity contribution in [1.82, 2.24) is 19.7 Å². The lowest BCUT2D eigenvalue weighted by atomic mass is 9.72. The van der Waals surface area contributed by atoms with Gasteiger partial charge >= 0.3 is 6.18 Å². The molecule has 3 aliphatic rings. The van der Waals surface area contributed by atoms with E-state index in [9.17, 15) is 26.7 Å². The molecule has 6 rings (SSSR count). The highest BCUT2D eigenvalue weighted by molar-refractivity contribution is 6.10. The Morgan fingerprint density at radius 2 is 1.93 bits per heavy atom. The second-order valence-corrected chi connectivity index (χ2v) is 11.8. The normalized spacial score (nSPS) is 22.1. The number of aryl methyl sites for hydroxylation is 1. The minimum Gasteiger partial charge on any atom is -0.320 e. The van der Waals surface area contributed by atoms with Gasteiger partial charge in [0.25, 0.3) is 11.8 Å². The fraction of sp³-hybridized carbons (Fsp3) is 0.500. The molecule has 1 aliphatic carbocycles. The number of hydrogen-bond donors (Lipinski definition) is 0. The van der Waals surface area contributed by atoms with E-state index in [1.54, 1.807) is 17.3 Å². The van der Waals surface area contributed by atoms with Crippen molar-refractivity contribution in [3.63, 3.8) is 0 Å². The Balaban J connectivity index is 1.31. The van der Waals surface area contributed by atoms with Gasteiger partial charge in [-0.15, -0.1) is 10.2 Å². The lowest BCUT2D eigenvalue weighted by Crippen LogP contribution is -2.45. The van der Waals surface area contributed by atoms with Gasteiger partial charge in [0.15, 0.2) is 0 Å². The second kappa shape index (κ2) is 10.2. The first-order valence-corrected chi connectivity index (χ1v) is 14.0. The molecule has 1 amide bonds. The number of halogens is 5. The minimum atomic E-state index is -4.67. The Bertz CT molecular complexity index is 1460. The Morgan fingerprint density at radius 3 is 2.56 bits per heavy atom. The third-order valence-corrected chi connectivity index (χ3v) is 9.01. The SMILES string of the molecule is C[C@@H]1CN(Cc2cc3c(c(C(F)(F)F)c2)CN(c2cccc(C(c4nncn4C)C4CCC4)c2)C3=O)CCC1(F)F. The van der Waals surface area contributed by atoms with Crippen LogP contribution in [0, 0.1) is 11.8 Å². The van der Waals surface area contributed by atoms with Crippen molar-refractivity contribution >= 4 is 11.6 Å². The molecule has 2 aliphatic heterocycles. The Kier molecular flexibility index (Phi) is 6.91. The van der Waals surface area contributed by atoms with Crippen LogP contribution in [0.1, 0.15) is 77.0 Å². The summed E-state index contributed by atoms with van der Waals surface area (Å²) in [6, 6.07) is 9.99. The van der Waals surface area contributed by atoms with Crippen LogP contribution in [-0.4, -0.2) is 44.6 Å². The summed E-state index contributed by atoms with van der Waals surface area (Å²) in [6.45, 7) is 1.48. The van der Waals surface area contributed by atoms with Crippen molar-refractivity contribution in [2.24, 2.45) is 18.9 Å². The summed E-state index contributed by atoms with van der Waals surface area (Å²) >= 11 is 0. The molecule has 1 saturated carbocycles. The fourth-order valence-corrected chi connectivity index (χ4v) is 6.45. The molecule has 3 heterocycles. The number of likely N-dealkylation sites (tertiary alicyclic amines) is 1. The van der Waals surface area contributed by atoms with E-state index in [1.165, 1.54) is 17.9 Å². The third kappa shape index (κ3) is 5.13. The summed E-state index contributed by atoms with van der Waals surface area (Å²) in [5.41, 5.74) is 0.874. The molecule has 3 aromatic rings. The molecule has 0 radical (unpaired) electrons. The van der Waals surface area contributed by atoms with Crippen LogP contribution in [0.3, 0.4) is 0 Å². The second-order valence-electron chi connectivity index (χ2n) is 11.8. The first-order valence-electron chi connectivity index (χ1n) is 14.0. The molecule has 1 saturated heterocycles. The Hall–Kier alpha value is -3.34. The standard InChI is InChI=1S/C30H32F5N5O/c1-18-14-39(10-9-29(18,31)32)15-19-11-23-24(25(12-19)30(33,34)35)16-40(28(23)41)22-8-4-7-21(13-22)26(20-5-3-6-20)27-37-36-17-38(27)2/h4,7-8,11-13,17-18,20,26H,3,5-6,9-10,14-16H2,1-2H3/t18-,26?/m1/s1. The largest absolute Gasteiger partial charge is 0.416 e. The van der Waals surface area contributed by atoms with E-state index in [1.807, 2.05) is 29.8 Å². The number of fused-ring (bicyclic) bond motifs is 1. The first kappa shape index (κ1) is 27.8. The summed E-state index contributed by atoms with van der Waals surface area (Å²) in [6.07, 6.45) is -0.148. The highest BCUT2D eigenvalue weighted by Crippen LogP contribution is 2.44. The number of hydrogen-bond acceptors (Lipinski definition) is 4. The topological polar surface area (TPSA) is 54.3 Å². The number of nitrogens with zero attached hydrogens (tertiary/aromatic N) is 5. The van der Waals surface area contributed by atoms with Crippen LogP contribution in [0.5, 0.6) is 0 Å². The lowest BCUT2D eigenvalue weighted by molar-refractivity contribution is -0.138. The van der Waals surface area contributed by atoms with Crippen LogP contribution >= 0.6 is 0 Å². The Morgan fingerprint density at radius 1 is 1.15 bits per heavy atom. The monoisotopic (exact) mass is 573 g/mol. The van der Waals surface area contributed by atoms with Gasteiger partial charge in [-0.1, -0.05) is 25.5 Å². The summed E-state index contributed by atoms with van der Waals surface area (Å²) < 4.78 is 72.6. The highest BCUT2D eigenvalue weighted by Gasteiger charge is 2.43. The molecule has 6 nitrogen and oxygen atoms in total. The molecule has 0 N–H and O–H groups in total. The average Bonchev–Trinajstić information content (AvgIpc) is 3.45. The Labute approximate surface area is 235 Å². The van der Waals surface area contributed by atoms with Crippen LogP contribution in [0.15, 0.2) is 42.7 Å². The van der Waals surface area contributed by atoms with E-state index in [-0.39, 0.29) is 49.6 Å². The zero-order chi connectivity index (χ0) is 29.1. The molecule has 0 spiro atoms. The number of aromatic nitrogens is 3. The summed E-state index contributed by atoms with van der Waals surface area (Å²) in [4.78, 5) is 16.8. The van der Waals surface area contributed by atoms with Gasteiger partial charge in [-0.25, -0.2) is 8.78 Å². The summed E-state index contributed by atoms with van der Waals surface area (Å²) in [5.74, 6) is -3.04. The number of carbonyl (C=O) groups is 1. The van der Waals surface area contributed by atoms with Gasteiger partial charge < -0.3 is 9.47 Å². The number of amides is 1. The average molecular weight is 574 g/mol. The molecule has 0 bridgehead atoms. The maximum atomic E-state index is 14.3. The van der Waals surface area contributed by atoms with Crippen molar-refractivity contribution in [2.75, 3.05) is 18.0 Å². The quantitative estimate of drug-likeness (QED) is 0.320. The van der Waals surface area contributed by atoms with Gasteiger partial charge in [-0.3, -0.25) is 9.69 Å². The van der Waals surface area contributed by atoms with E-state index >= 15 is 0 Å². The molecule has 2 fully saturated rings. The summed E-state index contributed by atoms with van der Waals surface area (Å²) in [5, 5.41) is 8.38. The molecular weight excluding hydrogens is 541 g/mol. The molecule has 2 aromatic carbocycles. The van der Waals surface area contributed by atoms with E-state index < -0.39 is 29.5 Å². The van der Waals surface area contributed by atoms with Gasteiger partial charge in [-0.2, -0.15) is 13.2 Å². The van der Waals surface area contributed by atoms with Gasteiger partial charge in [0.2, 0.25) is 0 Å². The number of piperidine rings is 1. The zero-order valence-electron chi connectivity index (χ0n) is 23.0. The molecule has 1 unspecified atom stereocenters. The molecular formula is C30H32F5N5O. The van der Waals surface area contributed by atoms with Gasteiger partial charge in [0.05, 0.1) is 12.1 Å². The maximum Gasteiger partial charge on any atom is 0.416 e. The van der Waals surface area contributed by atoms with Gasteiger partial charge in [-0.05, 0) is 59.7 Å². The summed E-state index contributed by atoms with van der Waals surface area (Å²) in [7, 11) is 1.89. The number of carbonyl (C=O) groups excluding carboxylic acids is 1. The number of anilines is 1. The van der Waals surface area contributed by atoms with E-state index in [0.29, 0.717) is 17.2 Å². The molecule has 2 atom stereocenters. The van der Waals surface area contributed by atoms with Crippen LogP contribution < -0.4 is 4.90 Å². The third-order valence-electron chi connectivity index (χ3n) is 9.01. The molecule has 11 heteroatoms. The van der Waals surface area contributed by atoms with Crippen molar-refractivity contribution in [1.29, 1.82) is 0 Å². The van der Waals surface area contributed by atoms with Crippen molar-refractivity contribution in [2.45, 2.75) is 63.7 Å².